The Morgan fingerprint density at radius 2 is 1.85 bits per heavy atom. The highest BCUT2D eigenvalue weighted by molar-refractivity contribution is 5.98. The predicted octanol–water partition coefficient (Wildman–Crippen LogP) is -0.270. The summed E-state index contributed by atoms with van der Waals surface area (Å²) in [5.41, 5.74) is -2.12. The Morgan fingerprint density at radius 1 is 1.25 bits per heavy atom. The fraction of sp³-hybridized carbons (Fsp3) is 0.667. The minimum Gasteiger partial charge on any atom is -0.463 e. The molecular weight excluding hydrogens is 272 g/mol. The van der Waals surface area contributed by atoms with Crippen molar-refractivity contribution in [2.45, 2.75) is 38.9 Å². The number of cyclic esters (lactones) is 1. The zero-order chi connectivity index (χ0) is 15.3. The quantitative estimate of drug-likeness (QED) is 0.503. The van der Waals surface area contributed by atoms with Crippen LogP contribution in [-0.4, -0.2) is 48.8 Å². The van der Waals surface area contributed by atoms with Crippen molar-refractivity contribution in [2.24, 2.45) is 0 Å². The maximum absolute atomic E-state index is 12.0. The normalized spacial score (nSPS) is 24.8. The van der Waals surface area contributed by atoms with E-state index in [4.69, 9.17) is 18.9 Å². The number of ether oxygens (including phenoxy) is 4. The summed E-state index contributed by atoms with van der Waals surface area (Å²) in [7, 11) is 0. The van der Waals surface area contributed by atoms with Gasteiger partial charge in [-0.05, 0) is 13.8 Å². The maximum Gasteiger partial charge on any atom is 0.355 e. The van der Waals surface area contributed by atoms with Crippen molar-refractivity contribution in [2.75, 3.05) is 13.2 Å². The van der Waals surface area contributed by atoms with Crippen molar-refractivity contribution in [3.8, 4) is 0 Å². The molecule has 0 N–H and O–H groups in total. The van der Waals surface area contributed by atoms with Gasteiger partial charge in [0.25, 0.3) is 5.60 Å². The highest BCUT2D eigenvalue weighted by atomic mass is 16.7. The van der Waals surface area contributed by atoms with Gasteiger partial charge in [0.15, 0.2) is 0 Å². The third kappa shape index (κ3) is 3.06. The van der Waals surface area contributed by atoms with Gasteiger partial charge < -0.3 is 18.9 Å². The molecule has 8 heteroatoms. The lowest BCUT2D eigenvalue weighted by Crippen LogP contribution is -2.54. The molecule has 1 aliphatic rings. The van der Waals surface area contributed by atoms with Crippen molar-refractivity contribution in [3.05, 3.63) is 0 Å². The first kappa shape index (κ1) is 15.9. The Labute approximate surface area is 115 Å². The van der Waals surface area contributed by atoms with Gasteiger partial charge >= 0.3 is 23.9 Å². The number of hydrogen-bond donors (Lipinski definition) is 0. The van der Waals surface area contributed by atoms with Gasteiger partial charge in [0.2, 0.25) is 6.10 Å². The van der Waals surface area contributed by atoms with E-state index in [0.29, 0.717) is 0 Å². The average Bonchev–Trinajstić information content (AvgIpc) is 2.67. The molecule has 1 fully saturated rings. The molecule has 1 aliphatic heterocycles. The second-order valence-electron chi connectivity index (χ2n) is 4.00. The first-order chi connectivity index (χ1) is 9.37. The zero-order valence-electron chi connectivity index (χ0n) is 11.5. The number of hydrogen-bond acceptors (Lipinski definition) is 8. The molecule has 112 valence electrons. The summed E-state index contributed by atoms with van der Waals surface area (Å²) in [5.74, 6) is -3.67. The fourth-order valence-electron chi connectivity index (χ4n) is 1.85. The lowest BCUT2D eigenvalue weighted by atomic mass is 9.95. The van der Waals surface area contributed by atoms with E-state index in [2.05, 4.69) is 0 Å². The van der Waals surface area contributed by atoms with Gasteiger partial charge in [-0.25, -0.2) is 9.59 Å². The van der Waals surface area contributed by atoms with Crippen molar-refractivity contribution < 1.29 is 38.1 Å². The largest absolute Gasteiger partial charge is 0.463 e. The van der Waals surface area contributed by atoms with E-state index in [1.165, 1.54) is 6.92 Å². The second kappa shape index (κ2) is 6.36. The molecule has 0 aromatic rings. The first-order valence-electron chi connectivity index (χ1n) is 6.10. The summed E-state index contributed by atoms with van der Waals surface area (Å²) in [6.07, 6.45) is -2.24. The Morgan fingerprint density at radius 3 is 2.35 bits per heavy atom. The van der Waals surface area contributed by atoms with Crippen LogP contribution in [0.3, 0.4) is 0 Å². The number of esters is 4. The van der Waals surface area contributed by atoms with Crippen LogP contribution in [0.15, 0.2) is 0 Å². The summed E-state index contributed by atoms with van der Waals surface area (Å²) < 4.78 is 19.2. The molecule has 2 unspecified atom stereocenters. The molecule has 0 spiro atoms. The SMILES string of the molecule is CCOC(=O)C1OC(=O)CC1(OC(C)=O)C(=O)OCC. The molecule has 0 saturated carbocycles. The van der Waals surface area contributed by atoms with Gasteiger partial charge in [0, 0.05) is 6.92 Å². The van der Waals surface area contributed by atoms with E-state index in [1.807, 2.05) is 0 Å². The van der Waals surface area contributed by atoms with Crippen molar-refractivity contribution in [3.63, 3.8) is 0 Å². The van der Waals surface area contributed by atoms with Crippen molar-refractivity contribution >= 4 is 23.9 Å². The Balaban J connectivity index is 3.16. The molecule has 8 nitrogen and oxygen atoms in total. The number of rotatable bonds is 5. The van der Waals surface area contributed by atoms with E-state index < -0.39 is 42.0 Å². The maximum atomic E-state index is 12.0. The Bertz CT molecular complexity index is 429. The molecule has 0 bridgehead atoms. The van der Waals surface area contributed by atoms with Crippen LogP contribution in [0.5, 0.6) is 0 Å². The van der Waals surface area contributed by atoms with E-state index in [9.17, 15) is 19.2 Å². The number of carbonyl (C=O) groups excluding carboxylic acids is 4. The average molecular weight is 288 g/mol. The fourth-order valence-corrected chi connectivity index (χ4v) is 1.85. The van der Waals surface area contributed by atoms with Crippen LogP contribution in [0.2, 0.25) is 0 Å². The van der Waals surface area contributed by atoms with E-state index in [-0.39, 0.29) is 13.2 Å². The van der Waals surface area contributed by atoms with E-state index >= 15 is 0 Å². The summed E-state index contributed by atoms with van der Waals surface area (Å²) in [5, 5.41) is 0. The molecule has 20 heavy (non-hydrogen) atoms. The molecule has 1 rings (SSSR count). The molecule has 0 radical (unpaired) electrons. The topological polar surface area (TPSA) is 105 Å². The van der Waals surface area contributed by atoms with Gasteiger partial charge in [-0.15, -0.1) is 0 Å². The molecule has 2 atom stereocenters. The molecule has 0 amide bonds. The minimum absolute atomic E-state index is 0.00835. The Kier molecular flexibility index (Phi) is 5.06. The van der Waals surface area contributed by atoms with Crippen LogP contribution in [0.25, 0.3) is 0 Å². The second-order valence-corrected chi connectivity index (χ2v) is 4.00. The lowest BCUT2D eigenvalue weighted by Gasteiger charge is -2.28. The molecule has 0 aromatic carbocycles. The highest BCUT2D eigenvalue weighted by Crippen LogP contribution is 2.33. The molecule has 1 saturated heterocycles. The minimum atomic E-state index is -2.12. The molecule has 0 aromatic heterocycles. The predicted molar refractivity (Wildman–Crippen MR) is 62.3 cm³/mol. The number of carbonyl (C=O) groups is 4. The highest BCUT2D eigenvalue weighted by Gasteiger charge is 2.63. The first-order valence-corrected chi connectivity index (χ1v) is 6.10. The van der Waals surface area contributed by atoms with Crippen LogP contribution >= 0.6 is 0 Å². The lowest BCUT2D eigenvalue weighted by molar-refractivity contribution is -0.194. The van der Waals surface area contributed by atoms with Gasteiger partial charge in [0.05, 0.1) is 13.2 Å². The summed E-state index contributed by atoms with van der Waals surface area (Å²) in [6.45, 7) is 4.15. The molecule has 0 aliphatic carbocycles. The van der Waals surface area contributed by atoms with Crippen molar-refractivity contribution in [1.82, 2.24) is 0 Å². The smallest absolute Gasteiger partial charge is 0.355 e. The van der Waals surface area contributed by atoms with Crippen molar-refractivity contribution in [1.29, 1.82) is 0 Å². The van der Waals surface area contributed by atoms with Gasteiger partial charge in [-0.1, -0.05) is 0 Å². The zero-order valence-corrected chi connectivity index (χ0v) is 11.5. The molecular formula is C12H16O8. The summed E-state index contributed by atoms with van der Waals surface area (Å²) in [6, 6.07) is 0. The Hall–Kier alpha value is -2.12. The third-order valence-electron chi connectivity index (χ3n) is 2.53. The van der Waals surface area contributed by atoms with E-state index in [1.54, 1.807) is 6.92 Å². The molecule has 1 heterocycles. The summed E-state index contributed by atoms with van der Waals surface area (Å²) >= 11 is 0. The van der Waals surface area contributed by atoms with E-state index in [0.717, 1.165) is 6.92 Å². The third-order valence-corrected chi connectivity index (χ3v) is 2.53. The van der Waals surface area contributed by atoms with Crippen LogP contribution in [0.1, 0.15) is 27.2 Å². The van der Waals surface area contributed by atoms with Gasteiger partial charge in [0.1, 0.15) is 6.42 Å². The van der Waals surface area contributed by atoms with Crippen LogP contribution in [-0.2, 0) is 38.1 Å². The van der Waals surface area contributed by atoms with Crippen LogP contribution in [0, 0.1) is 0 Å². The monoisotopic (exact) mass is 288 g/mol. The summed E-state index contributed by atoms with van der Waals surface area (Å²) in [4.78, 5) is 46.5. The van der Waals surface area contributed by atoms with Gasteiger partial charge in [-0.3, -0.25) is 9.59 Å². The van der Waals surface area contributed by atoms with Crippen LogP contribution < -0.4 is 0 Å². The van der Waals surface area contributed by atoms with Gasteiger partial charge in [-0.2, -0.15) is 0 Å². The standard InChI is InChI=1S/C12H16O8/c1-4-17-10(15)9-12(20-7(3)13,6-8(14)19-9)11(16)18-5-2/h9H,4-6H2,1-3H3. The van der Waals surface area contributed by atoms with Crippen LogP contribution in [0.4, 0.5) is 0 Å².